The highest BCUT2D eigenvalue weighted by Crippen LogP contribution is 2.33. The normalized spacial score (nSPS) is 28.3. The molecule has 0 aromatic carbocycles. The molecule has 2 aromatic rings. The average Bonchev–Trinajstić information content (AvgIpc) is 3.01. The number of nitrogens with zero attached hydrogens (tertiary/aromatic N) is 4. The maximum Gasteiger partial charge on any atom is 0.303 e. The van der Waals surface area contributed by atoms with E-state index in [1.807, 2.05) is 0 Å². The zero-order chi connectivity index (χ0) is 15.9. The summed E-state index contributed by atoms with van der Waals surface area (Å²) in [6.07, 6.45) is -1.56. The summed E-state index contributed by atoms with van der Waals surface area (Å²) in [5.41, 5.74) is 6.42. The van der Waals surface area contributed by atoms with Crippen LogP contribution in [-0.2, 0) is 9.53 Å². The van der Waals surface area contributed by atoms with Crippen LogP contribution in [0, 0.1) is 0 Å². The van der Waals surface area contributed by atoms with Crippen molar-refractivity contribution >= 4 is 23.0 Å². The van der Waals surface area contributed by atoms with Crippen molar-refractivity contribution in [2.75, 3.05) is 5.73 Å². The van der Waals surface area contributed by atoms with Crippen molar-refractivity contribution in [3.8, 4) is 0 Å². The topological polar surface area (TPSA) is 157 Å². The number of carboxylic acids is 1. The Bertz CT molecular complexity index is 704. The van der Waals surface area contributed by atoms with Gasteiger partial charge < -0.3 is 25.8 Å². The minimum absolute atomic E-state index is 0.0911. The predicted molar refractivity (Wildman–Crippen MR) is 72.5 cm³/mol. The van der Waals surface area contributed by atoms with Gasteiger partial charge in [-0.1, -0.05) is 0 Å². The maximum atomic E-state index is 10.6. The van der Waals surface area contributed by atoms with Gasteiger partial charge in [-0.15, -0.1) is 0 Å². The predicted octanol–water partition coefficient (Wildman–Crippen LogP) is -1.11. The molecule has 1 aliphatic heterocycles. The molecule has 10 heteroatoms. The first-order valence-corrected chi connectivity index (χ1v) is 6.65. The molecule has 1 aliphatic rings. The van der Waals surface area contributed by atoms with Crippen LogP contribution in [0.4, 0.5) is 5.82 Å². The van der Waals surface area contributed by atoms with Crippen molar-refractivity contribution in [3.05, 3.63) is 12.7 Å². The van der Waals surface area contributed by atoms with Crippen LogP contribution in [0.15, 0.2) is 12.7 Å². The third kappa shape index (κ3) is 2.36. The van der Waals surface area contributed by atoms with E-state index in [1.165, 1.54) is 17.2 Å². The summed E-state index contributed by atoms with van der Waals surface area (Å²) in [4.78, 5) is 22.6. The lowest BCUT2D eigenvalue weighted by molar-refractivity contribution is -0.138. The number of hydrogen-bond donors (Lipinski definition) is 4. The molecule has 118 valence electrons. The lowest BCUT2D eigenvalue weighted by atomic mass is 10.1. The Hall–Kier alpha value is -2.30. The molecule has 4 atom stereocenters. The number of anilines is 1. The van der Waals surface area contributed by atoms with E-state index >= 15 is 0 Å². The van der Waals surface area contributed by atoms with E-state index in [0.717, 1.165) is 0 Å². The Balaban J connectivity index is 1.87. The van der Waals surface area contributed by atoms with Gasteiger partial charge in [-0.3, -0.25) is 9.36 Å². The first kappa shape index (κ1) is 14.6. The summed E-state index contributed by atoms with van der Waals surface area (Å²) in [5.74, 6) is -0.804. The largest absolute Gasteiger partial charge is 0.481 e. The molecule has 0 unspecified atom stereocenters. The van der Waals surface area contributed by atoms with Crippen LogP contribution in [-0.4, -0.2) is 59.1 Å². The number of nitrogen functional groups attached to an aromatic ring is 1. The van der Waals surface area contributed by atoms with Gasteiger partial charge in [-0.05, 0) is 6.42 Å². The fourth-order valence-electron chi connectivity index (χ4n) is 2.52. The average molecular weight is 309 g/mol. The Labute approximate surface area is 124 Å². The second kappa shape index (κ2) is 5.48. The van der Waals surface area contributed by atoms with Crippen LogP contribution in [0.2, 0.25) is 0 Å². The van der Waals surface area contributed by atoms with Gasteiger partial charge >= 0.3 is 5.97 Å². The molecular formula is C12H15N5O5. The van der Waals surface area contributed by atoms with Gasteiger partial charge in [0, 0.05) is 6.42 Å². The molecule has 5 N–H and O–H groups in total. The summed E-state index contributed by atoms with van der Waals surface area (Å²) < 4.78 is 7.03. The van der Waals surface area contributed by atoms with Crippen LogP contribution in [0.25, 0.3) is 11.2 Å². The second-order valence-corrected chi connectivity index (χ2v) is 5.06. The summed E-state index contributed by atoms with van der Waals surface area (Å²) >= 11 is 0. The lowest BCUT2D eigenvalue weighted by Crippen LogP contribution is -2.31. The minimum Gasteiger partial charge on any atom is -0.481 e. The minimum atomic E-state index is -1.23. The molecule has 0 aliphatic carbocycles. The number of imidazole rings is 1. The Morgan fingerprint density at radius 2 is 2.09 bits per heavy atom. The zero-order valence-electron chi connectivity index (χ0n) is 11.4. The monoisotopic (exact) mass is 309 g/mol. The third-order valence-corrected chi connectivity index (χ3v) is 3.64. The Morgan fingerprint density at radius 3 is 2.82 bits per heavy atom. The lowest BCUT2D eigenvalue weighted by Gasteiger charge is -2.16. The molecule has 0 saturated carbocycles. The van der Waals surface area contributed by atoms with E-state index in [0.29, 0.717) is 11.2 Å². The van der Waals surface area contributed by atoms with Gasteiger partial charge in [-0.25, -0.2) is 15.0 Å². The maximum absolute atomic E-state index is 10.6. The van der Waals surface area contributed by atoms with Crippen LogP contribution in [0.5, 0.6) is 0 Å². The Morgan fingerprint density at radius 1 is 1.32 bits per heavy atom. The smallest absolute Gasteiger partial charge is 0.303 e. The number of nitrogens with two attached hydrogens (primary N) is 1. The zero-order valence-corrected chi connectivity index (χ0v) is 11.4. The number of aliphatic hydroxyl groups excluding tert-OH is 2. The Kier molecular flexibility index (Phi) is 3.64. The van der Waals surface area contributed by atoms with Gasteiger partial charge in [-0.2, -0.15) is 0 Å². The van der Waals surface area contributed by atoms with E-state index in [4.69, 9.17) is 15.6 Å². The fraction of sp³-hybridized carbons (Fsp3) is 0.500. The first-order valence-electron chi connectivity index (χ1n) is 6.65. The molecule has 1 fully saturated rings. The molecule has 0 amide bonds. The number of rotatable bonds is 4. The fourth-order valence-corrected chi connectivity index (χ4v) is 2.52. The van der Waals surface area contributed by atoms with E-state index in [9.17, 15) is 15.0 Å². The molecule has 3 heterocycles. The van der Waals surface area contributed by atoms with Crippen molar-refractivity contribution in [2.24, 2.45) is 0 Å². The van der Waals surface area contributed by atoms with Crippen LogP contribution in [0.3, 0.4) is 0 Å². The van der Waals surface area contributed by atoms with Crippen LogP contribution in [0.1, 0.15) is 19.1 Å². The van der Waals surface area contributed by atoms with Gasteiger partial charge in [0.25, 0.3) is 0 Å². The van der Waals surface area contributed by atoms with E-state index in [2.05, 4.69) is 15.0 Å². The van der Waals surface area contributed by atoms with Crippen molar-refractivity contribution in [3.63, 3.8) is 0 Å². The highest BCUT2D eigenvalue weighted by atomic mass is 16.6. The van der Waals surface area contributed by atoms with E-state index in [1.54, 1.807) is 0 Å². The standard InChI is InChI=1S/C12H15N5O5/c13-10-7-11(15-3-14-10)17(4-16-7)12-9(21)8(20)5(22-12)1-2-6(18)19/h3-5,8-9,12,20-21H,1-2H2,(H,18,19)(H2,13,14,15)/t5-,8-,9-,12-/m0/s1. The van der Waals surface area contributed by atoms with Crippen molar-refractivity contribution in [1.29, 1.82) is 0 Å². The molecule has 22 heavy (non-hydrogen) atoms. The molecule has 0 spiro atoms. The second-order valence-electron chi connectivity index (χ2n) is 5.06. The third-order valence-electron chi connectivity index (χ3n) is 3.64. The number of aliphatic hydroxyl groups is 2. The number of ether oxygens (including phenoxy) is 1. The van der Waals surface area contributed by atoms with E-state index < -0.39 is 30.5 Å². The SMILES string of the molecule is Nc1ncnc2c1ncn2[C@H]1O[C@@H](CCC(=O)O)[C@H](O)[C@@H]1O. The number of carbonyl (C=O) groups is 1. The molecular weight excluding hydrogens is 294 g/mol. The van der Waals surface area contributed by atoms with Gasteiger partial charge in [0.15, 0.2) is 17.7 Å². The number of hydrogen-bond acceptors (Lipinski definition) is 8. The highest BCUT2D eigenvalue weighted by molar-refractivity contribution is 5.81. The summed E-state index contributed by atoms with van der Waals surface area (Å²) in [6, 6.07) is 0. The number of fused-ring (bicyclic) bond motifs is 1. The highest BCUT2D eigenvalue weighted by Gasteiger charge is 2.44. The quantitative estimate of drug-likeness (QED) is 0.549. The summed E-state index contributed by atoms with van der Waals surface area (Å²) in [5, 5.41) is 28.9. The summed E-state index contributed by atoms with van der Waals surface area (Å²) in [6.45, 7) is 0. The molecule has 0 radical (unpaired) electrons. The molecule has 0 bridgehead atoms. The van der Waals surface area contributed by atoms with Gasteiger partial charge in [0.1, 0.15) is 24.1 Å². The molecule has 1 saturated heterocycles. The molecule has 2 aromatic heterocycles. The van der Waals surface area contributed by atoms with Crippen LogP contribution < -0.4 is 5.73 Å². The molecule has 10 nitrogen and oxygen atoms in total. The number of carboxylic acid groups (broad SMARTS) is 1. The number of aromatic nitrogens is 4. The van der Waals surface area contributed by atoms with Gasteiger partial charge in [0.2, 0.25) is 0 Å². The first-order chi connectivity index (χ1) is 10.5. The van der Waals surface area contributed by atoms with Gasteiger partial charge in [0.05, 0.1) is 12.4 Å². The van der Waals surface area contributed by atoms with Crippen molar-refractivity contribution in [1.82, 2.24) is 19.5 Å². The summed E-state index contributed by atoms with van der Waals surface area (Å²) in [7, 11) is 0. The van der Waals surface area contributed by atoms with Crippen molar-refractivity contribution < 1.29 is 24.9 Å². The number of aliphatic carboxylic acids is 1. The van der Waals surface area contributed by atoms with E-state index in [-0.39, 0.29) is 18.7 Å². The molecule has 3 rings (SSSR count). The van der Waals surface area contributed by atoms with Crippen LogP contribution >= 0.6 is 0 Å². The van der Waals surface area contributed by atoms with Crippen molar-refractivity contribution in [2.45, 2.75) is 37.4 Å².